The minimum Gasteiger partial charge on any atom is -0.371 e. The Morgan fingerprint density at radius 3 is 3.00 bits per heavy atom. The summed E-state index contributed by atoms with van der Waals surface area (Å²) in [4.78, 5) is 1.07. The van der Waals surface area contributed by atoms with E-state index in [4.69, 9.17) is 22.1 Å². The highest BCUT2D eigenvalue weighted by atomic mass is 35.5. The van der Waals surface area contributed by atoms with Crippen molar-refractivity contribution in [3.8, 4) is 0 Å². The van der Waals surface area contributed by atoms with Gasteiger partial charge >= 0.3 is 0 Å². The molecule has 4 heteroatoms. The molecular formula is C8H10ClNOS. The summed E-state index contributed by atoms with van der Waals surface area (Å²) in [7, 11) is 0. The molecule has 0 aromatic carbocycles. The van der Waals surface area contributed by atoms with Gasteiger partial charge in [-0.25, -0.2) is 0 Å². The lowest BCUT2D eigenvalue weighted by Crippen LogP contribution is -2.22. The maximum Gasteiger partial charge on any atom is 0.108 e. The third kappa shape index (κ3) is 1.38. The molecule has 1 aliphatic rings. The molecule has 1 fully saturated rings. The van der Waals surface area contributed by atoms with Gasteiger partial charge in [0, 0.05) is 12.6 Å². The van der Waals surface area contributed by atoms with Gasteiger partial charge in [-0.05, 0) is 17.9 Å². The molecule has 66 valence electrons. The zero-order valence-electron chi connectivity index (χ0n) is 6.50. The molecule has 1 aromatic heterocycles. The Morgan fingerprint density at radius 1 is 1.67 bits per heavy atom. The van der Waals surface area contributed by atoms with Crippen molar-refractivity contribution in [1.29, 1.82) is 0 Å². The Bertz CT molecular complexity index is 276. The minimum atomic E-state index is 0.0255. The van der Waals surface area contributed by atoms with E-state index in [1.807, 2.05) is 11.4 Å². The molecule has 12 heavy (non-hydrogen) atoms. The third-order valence-electron chi connectivity index (χ3n) is 2.04. The average molecular weight is 204 g/mol. The Kier molecular flexibility index (Phi) is 2.37. The minimum absolute atomic E-state index is 0.0255. The number of rotatable bonds is 1. The van der Waals surface area contributed by atoms with E-state index >= 15 is 0 Å². The van der Waals surface area contributed by atoms with E-state index < -0.39 is 0 Å². The summed E-state index contributed by atoms with van der Waals surface area (Å²) in [6, 6.07) is 2.00. The summed E-state index contributed by atoms with van der Waals surface area (Å²) < 4.78 is 5.49. The van der Waals surface area contributed by atoms with Crippen LogP contribution in [0, 0.1) is 0 Å². The van der Waals surface area contributed by atoms with E-state index in [2.05, 4.69) is 0 Å². The van der Waals surface area contributed by atoms with Crippen LogP contribution in [0.1, 0.15) is 17.4 Å². The molecule has 1 saturated heterocycles. The second kappa shape index (κ2) is 3.34. The summed E-state index contributed by atoms with van der Waals surface area (Å²) >= 11 is 7.57. The summed E-state index contributed by atoms with van der Waals surface area (Å²) in [6.07, 6.45) is 0.955. The van der Waals surface area contributed by atoms with Crippen molar-refractivity contribution >= 4 is 22.9 Å². The summed E-state index contributed by atoms with van der Waals surface area (Å²) in [5.74, 6) is 0. The van der Waals surface area contributed by atoms with Crippen LogP contribution in [0.2, 0.25) is 5.02 Å². The topological polar surface area (TPSA) is 35.2 Å². The fourth-order valence-corrected chi connectivity index (χ4v) is 2.67. The Balaban J connectivity index is 2.24. The highest BCUT2D eigenvalue weighted by Crippen LogP contribution is 2.36. The molecule has 2 heterocycles. The highest BCUT2D eigenvalue weighted by Gasteiger charge is 2.28. The van der Waals surface area contributed by atoms with Crippen LogP contribution in [0.15, 0.2) is 11.4 Å². The predicted octanol–water partition coefficient (Wildman–Crippen LogP) is 2.19. The average Bonchev–Trinajstić information content (AvgIpc) is 2.59. The number of nitrogens with two attached hydrogens (primary N) is 1. The molecule has 2 nitrogen and oxygen atoms in total. The predicted molar refractivity (Wildman–Crippen MR) is 50.6 cm³/mol. The van der Waals surface area contributed by atoms with Gasteiger partial charge in [0.15, 0.2) is 0 Å². The van der Waals surface area contributed by atoms with Gasteiger partial charge in [0.1, 0.15) is 6.10 Å². The first-order valence-electron chi connectivity index (χ1n) is 3.89. The number of hydrogen-bond acceptors (Lipinski definition) is 3. The molecule has 2 atom stereocenters. The summed E-state index contributed by atoms with van der Waals surface area (Å²) in [5.41, 5.74) is 5.86. The summed E-state index contributed by atoms with van der Waals surface area (Å²) in [5, 5.41) is 2.74. The van der Waals surface area contributed by atoms with Crippen LogP contribution in [-0.2, 0) is 4.74 Å². The van der Waals surface area contributed by atoms with E-state index in [-0.39, 0.29) is 12.1 Å². The fourth-order valence-electron chi connectivity index (χ4n) is 1.38. The van der Waals surface area contributed by atoms with E-state index in [9.17, 15) is 0 Å². The van der Waals surface area contributed by atoms with Gasteiger partial charge in [0.2, 0.25) is 0 Å². The number of thiophene rings is 1. The highest BCUT2D eigenvalue weighted by molar-refractivity contribution is 7.10. The number of ether oxygens (including phenoxy) is 1. The standard InChI is InChI=1S/C8H10ClNOS/c9-5-2-4-12-8(5)7-6(10)1-3-11-7/h2,4,6-7H,1,3,10H2. The normalized spacial score (nSPS) is 29.5. The molecule has 0 spiro atoms. The molecule has 1 aromatic rings. The molecule has 0 aliphatic carbocycles. The first-order chi connectivity index (χ1) is 5.79. The molecule has 0 radical (unpaired) electrons. The van der Waals surface area contributed by atoms with Gasteiger partial charge in [-0.2, -0.15) is 0 Å². The quantitative estimate of drug-likeness (QED) is 0.760. The molecule has 0 amide bonds. The number of hydrogen-bond donors (Lipinski definition) is 1. The Labute approximate surface area is 80.3 Å². The lowest BCUT2D eigenvalue weighted by atomic mass is 10.1. The maximum atomic E-state index is 5.96. The van der Waals surface area contributed by atoms with E-state index in [0.29, 0.717) is 0 Å². The Hall–Kier alpha value is -0.0900. The van der Waals surface area contributed by atoms with Crippen LogP contribution in [0.5, 0.6) is 0 Å². The monoisotopic (exact) mass is 203 g/mol. The van der Waals surface area contributed by atoms with Crippen LogP contribution < -0.4 is 5.73 Å². The van der Waals surface area contributed by atoms with Crippen molar-refractivity contribution in [2.75, 3.05) is 6.61 Å². The molecule has 2 unspecified atom stereocenters. The van der Waals surface area contributed by atoms with Crippen LogP contribution in [0.3, 0.4) is 0 Å². The zero-order chi connectivity index (χ0) is 8.55. The van der Waals surface area contributed by atoms with E-state index in [0.717, 1.165) is 22.9 Å². The molecule has 0 saturated carbocycles. The molecule has 2 rings (SSSR count). The third-order valence-corrected chi connectivity index (χ3v) is 3.46. The summed E-state index contributed by atoms with van der Waals surface area (Å²) in [6.45, 7) is 0.750. The van der Waals surface area contributed by atoms with Gasteiger partial charge in [-0.3, -0.25) is 0 Å². The van der Waals surface area contributed by atoms with Gasteiger partial charge in [0.25, 0.3) is 0 Å². The SMILES string of the molecule is NC1CCOC1c1sccc1Cl. The molecule has 2 N–H and O–H groups in total. The Morgan fingerprint density at radius 2 is 2.50 bits per heavy atom. The second-order valence-corrected chi connectivity index (χ2v) is 4.23. The van der Waals surface area contributed by atoms with Crippen molar-refractivity contribution in [1.82, 2.24) is 0 Å². The van der Waals surface area contributed by atoms with Crippen LogP contribution in [-0.4, -0.2) is 12.6 Å². The van der Waals surface area contributed by atoms with Crippen molar-refractivity contribution < 1.29 is 4.74 Å². The second-order valence-electron chi connectivity index (χ2n) is 2.88. The lowest BCUT2D eigenvalue weighted by Gasteiger charge is -2.12. The van der Waals surface area contributed by atoms with Gasteiger partial charge in [-0.15, -0.1) is 11.3 Å². The van der Waals surface area contributed by atoms with Gasteiger partial charge in [0.05, 0.1) is 9.90 Å². The van der Waals surface area contributed by atoms with Crippen molar-refractivity contribution in [2.45, 2.75) is 18.6 Å². The first-order valence-corrected chi connectivity index (χ1v) is 5.15. The molecule has 1 aliphatic heterocycles. The van der Waals surface area contributed by atoms with E-state index in [1.165, 1.54) is 0 Å². The van der Waals surface area contributed by atoms with Crippen LogP contribution in [0.4, 0.5) is 0 Å². The van der Waals surface area contributed by atoms with Gasteiger partial charge < -0.3 is 10.5 Å². The fraction of sp³-hybridized carbons (Fsp3) is 0.500. The van der Waals surface area contributed by atoms with Crippen molar-refractivity contribution in [3.05, 3.63) is 21.3 Å². The largest absolute Gasteiger partial charge is 0.371 e. The van der Waals surface area contributed by atoms with Gasteiger partial charge in [-0.1, -0.05) is 11.6 Å². The van der Waals surface area contributed by atoms with Crippen molar-refractivity contribution in [3.63, 3.8) is 0 Å². The van der Waals surface area contributed by atoms with Crippen molar-refractivity contribution in [2.24, 2.45) is 5.73 Å². The zero-order valence-corrected chi connectivity index (χ0v) is 8.07. The smallest absolute Gasteiger partial charge is 0.108 e. The molecular weight excluding hydrogens is 194 g/mol. The first kappa shape index (κ1) is 8.51. The lowest BCUT2D eigenvalue weighted by molar-refractivity contribution is 0.108. The van der Waals surface area contributed by atoms with Crippen LogP contribution >= 0.6 is 22.9 Å². The van der Waals surface area contributed by atoms with E-state index in [1.54, 1.807) is 11.3 Å². The van der Waals surface area contributed by atoms with Crippen LogP contribution in [0.25, 0.3) is 0 Å². The number of halogens is 1. The molecule has 0 bridgehead atoms. The maximum absolute atomic E-state index is 5.96.